The first kappa shape index (κ1) is 59.1. The first-order valence-corrected chi connectivity index (χ1v) is 25.8. The van der Waals surface area contributed by atoms with Crippen LogP contribution in [0, 0.1) is 29.2 Å². The topological polar surface area (TPSA) is 86.6 Å². The molecule has 0 amide bonds. The van der Waals surface area contributed by atoms with Crippen LogP contribution in [-0.2, 0) is 0 Å². The van der Waals surface area contributed by atoms with Gasteiger partial charge in [0.25, 0.3) is 5.92 Å². The highest BCUT2D eigenvalue weighted by Crippen LogP contribution is 2.26. The van der Waals surface area contributed by atoms with E-state index < -0.39 is 5.92 Å². The van der Waals surface area contributed by atoms with Gasteiger partial charge in [-0.2, -0.15) is 10.5 Å². The summed E-state index contributed by atoms with van der Waals surface area (Å²) in [5.74, 6) is -2.59. The Morgan fingerprint density at radius 3 is 1.54 bits per heavy atom. The lowest BCUT2D eigenvalue weighted by Gasteiger charge is -2.44. The maximum atomic E-state index is 12.6. The van der Waals surface area contributed by atoms with Crippen molar-refractivity contribution in [1.29, 1.82) is 10.5 Å². The van der Waals surface area contributed by atoms with Crippen LogP contribution in [0.4, 0.5) is 8.78 Å². The number of piperidine rings is 4. The van der Waals surface area contributed by atoms with Gasteiger partial charge in [0, 0.05) is 139 Å². The normalized spacial score (nSPS) is 21.9. The van der Waals surface area contributed by atoms with E-state index in [1.807, 2.05) is 0 Å². The Balaban J connectivity index is 0.000000299. The number of nitrogens with zero attached hydrogens (tertiary/aromatic N) is 10. The Kier molecular flexibility index (Phi) is 26.5. The summed E-state index contributed by atoms with van der Waals surface area (Å²) in [5, 5.41) is 20.0. The molecule has 5 aliphatic heterocycles. The van der Waals surface area contributed by atoms with Crippen LogP contribution in [0.15, 0.2) is 0 Å². The highest BCUT2D eigenvalue weighted by Gasteiger charge is 2.33. The average Bonchev–Trinajstić information content (AvgIpc) is 3.26. The molecule has 5 rings (SSSR count). The smallest absolute Gasteiger partial charge is 0.257 e. The molecule has 0 radical (unpaired) electrons. The third-order valence-electron chi connectivity index (χ3n) is 14.5. The minimum absolute atomic E-state index is 0.195. The zero-order valence-corrected chi connectivity index (χ0v) is 44.2. The molecule has 5 saturated heterocycles. The van der Waals surface area contributed by atoms with Gasteiger partial charge in [-0.15, -0.1) is 0 Å². The fraction of sp³-hybridized carbons (Fsp3) is 0.942. The third kappa shape index (κ3) is 24.2. The molecule has 0 aromatic carbocycles. The Morgan fingerprint density at radius 1 is 0.646 bits per heavy atom. The SMILES string of the molecule is CC(C)(C)N1CCN(CCCC#N)CC1.CC(C)N1CCC(NCC(C)(F)F)CC1.CN(CCCC#N)C1CCN(C(C)(C)C)CC1.[C-]#[N+]C1CCN(C2CCN(C(C)(C)C)CC2)CC1. The van der Waals surface area contributed by atoms with Crippen molar-refractivity contribution in [3.05, 3.63) is 11.4 Å². The van der Waals surface area contributed by atoms with Crippen molar-refractivity contribution in [3.63, 3.8) is 0 Å². The van der Waals surface area contributed by atoms with Gasteiger partial charge in [0.05, 0.1) is 18.7 Å². The second kappa shape index (κ2) is 29.1. The molecule has 0 aliphatic carbocycles. The summed E-state index contributed by atoms with van der Waals surface area (Å²) in [7, 11) is 2.20. The second-order valence-corrected chi connectivity index (χ2v) is 23.0. The zero-order chi connectivity index (χ0) is 48.8. The molecule has 13 heteroatoms. The number of piperazine rings is 1. The molecule has 5 heterocycles. The van der Waals surface area contributed by atoms with Crippen LogP contribution in [0.3, 0.4) is 0 Å². The van der Waals surface area contributed by atoms with Crippen LogP contribution in [0.2, 0.25) is 0 Å². The van der Waals surface area contributed by atoms with Crippen molar-refractivity contribution in [1.82, 2.24) is 39.6 Å². The molecule has 1 N–H and O–H groups in total. The van der Waals surface area contributed by atoms with Crippen molar-refractivity contribution in [2.45, 2.75) is 213 Å². The highest BCUT2D eigenvalue weighted by atomic mass is 19.3. The summed E-state index contributed by atoms with van der Waals surface area (Å²) in [6, 6.07) is 7.05. The number of hydrogen-bond donors (Lipinski definition) is 1. The highest BCUT2D eigenvalue weighted by molar-refractivity contribution is 4.91. The molecule has 376 valence electrons. The second-order valence-electron chi connectivity index (χ2n) is 23.0. The van der Waals surface area contributed by atoms with Gasteiger partial charge in [-0.1, -0.05) is 0 Å². The van der Waals surface area contributed by atoms with E-state index in [1.165, 1.54) is 51.9 Å². The molecule has 0 bridgehead atoms. The number of likely N-dealkylation sites (tertiary alicyclic amines) is 4. The number of rotatable bonds is 12. The third-order valence-corrected chi connectivity index (χ3v) is 14.5. The van der Waals surface area contributed by atoms with Crippen molar-refractivity contribution in [2.24, 2.45) is 0 Å². The van der Waals surface area contributed by atoms with E-state index in [0.717, 1.165) is 117 Å². The van der Waals surface area contributed by atoms with E-state index in [0.29, 0.717) is 47.6 Å². The van der Waals surface area contributed by atoms with Crippen LogP contribution >= 0.6 is 0 Å². The van der Waals surface area contributed by atoms with Gasteiger partial charge in [-0.25, -0.2) is 15.4 Å². The minimum atomic E-state index is -2.59. The predicted octanol–water partition coefficient (Wildman–Crippen LogP) is 8.93. The molecule has 0 atom stereocenters. The van der Waals surface area contributed by atoms with E-state index in [-0.39, 0.29) is 12.6 Å². The molecule has 5 fully saturated rings. The molecule has 0 saturated carbocycles. The number of unbranched alkanes of at least 4 members (excludes halogenated alkanes) is 2. The Bertz CT molecular complexity index is 1370. The average molecular weight is 916 g/mol. The lowest BCUT2D eigenvalue weighted by atomic mass is 9.95. The van der Waals surface area contributed by atoms with Crippen LogP contribution in [-0.4, -0.2) is 192 Å². The molecule has 0 aromatic rings. The van der Waals surface area contributed by atoms with Crippen LogP contribution in [0.25, 0.3) is 4.85 Å². The maximum absolute atomic E-state index is 12.6. The number of nitrogens with one attached hydrogen (secondary N) is 1. The summed E-state index contributed by atoms with van der Waals surface area (Å²) in [6.45, 7) is 48.9. The van der Waals surface area contributed by atoms with E-state index >= 15 is 0 Å². The van der Waals surface area contributed by atoms with E-state index in [9.17, 15) is 8.78 Å². The molecule has 5 aliphatic rings. The van der Waals surface area contributed by atoms with Gasteiger partial charge in [0.1, 0.15) is 0 Å². The summed E-state index contributed by atoms with van der Waals surface area (Å²) in [5.41, 5.74) is 0.936. The van der Waals surface area contributed by atoms with Crippen LogP contribution < -0.4 is 5.32 Å². The number of nitriles is 2. The van der Waals surface area contributed by atoms with Crippen molar-refractivity contribution >= 4 is 0 Å². The maximum Gasteiger partial charge on any atom is 0.257 e. The van der Waals surface area contributed by atoms with Gasteiger partial charge in [-0.3, -0.25) is 19.6 Å². The Morgan fingerprint density at radius 2 is 1.11 bits per heavy atom. The zero-order valence-electron chi connectivity index (χ0n) is 44.2. The van der Waals surface area contributed by atoms with Crippen molar-refractivity contribution in [2.75, 3.05) is 105 Å². The van der Waals surface area contributed by atoms with Crippen LogP contribution in [0.1, 0.15) is 160 Å². The quantitative estimate of drug-likeness (QED) is 0.151. The van der Waals surface area contributed by atoms with E-state index in [4.69, 9.17) is 17.1 Å². The van der Waals surface area contributed by atoms with E-state index in [2.05, 4.69) is 140 Å². The van der Waals surface area contributed by atoms with Gasteiger partial charge in [0.2, 0.25) is 6.04 Å². The summed E-state index contributed by atoms with van der Waals surface area (Å²) < 4.78 is 25.2. The molecule has 0 unspecified atom stereocenters. The number of hydrogen-bond acceptors (Lipinski definition) is 10. The van der Waals surface area contributed by atoms with Gasteiger partial charge in [-0.05, 0) is 161 Å². The van der Waals surface area contributed by atoms with Crippen molar-refractivity contribution in [3.8, 4) is 12.1 Å². The summed E-state index contributed by atoms with van der Waals surface area (Å²) in [4.78, 5) is 21.3. The summed E-state index contributed by atoms with van der Waals surface area (Å²) in [6.07, 6.45) is 12.7. The predicted molar refractivity (Wildman–Crippen MR) is 268 cm³/mol. The van der Waals surface area contributed by atoms with Gasteiger partial charge in [0.15, 0.2) is 0 Å². The minimum Gasteiger partial charge on any atom is -0.314 e. The lowest BCUT2D eigenvalue weighted by Crippen LogP contribution is -2.53. The summed E-state index contributed by atoms with van der Waals surface area (Å²) >= 11 is 0. The number of halogens is 2. The standard InChI is InChI=1S/C15H27N3.C14H27N3.C12H23N3.C11H22F2N2/c1-15(2,3)18-11-7-14(8-12-18)17-9-5-13(16-4)6-10-17;1-14(2,3)17-11-7-13(8-12-17)16(4)10-6-5-9-15;1-12(2,3)15-10-8-14(9-11-15)7-5-4-6-13;1-9(2)15-6-4-10(5-7-15)14-8-11(3,12)13/h13-14H,5-12H2,1-3H3;13H,5-8,10-12H2,1-4H3;4-5,7-11H2,1-3H3;9-10,14H,4-8H2,1-3H3. The fourth-order valence-corrected chi connectivity index (χ4v) is 9.82. The molecule has 0 spiro atoms. The van der Waals surface area contributed by atoms with Crippen molar-refractivity contribution < 1.29 is 8.78 Å². The first-order chi connectivity index (χ1) is 30.4. The molecule has 11 nitrogen and oxygen atoms in total. The Hall–Kier alpha value is -1.99. The monoisotopic (exact) mass is 916 g/mol. The molecular weight excluding hydrogens is 817 g/mol. The van der Waals surface area contributed by atoms with E-state index in [1.54, 1.807) is 0 Å². The molecule has 0 aromatic heterocycles. The van der Waals surface area contributed by atoms with Crippen LogP contribution in [0.5, 0.6) is 0 Å². The lowest BCUT2D eigenvalue weighted by molar-refractivity contribution is 0.0167. The largest absolute Gasteiger partial charge is 0.314 e. The molecule has 65 heavy (non-hydrogen) atoms. The fourth-order valence-electron chi connectivity index (χ4n) is 9.82. The number of alkyl halides is 2. The Labute approximate surface area is 399 Å². The molecular formula is C52H99F2N11. The first-order valence-electron chi connectivity index (χ1n) is 25.8. The van der Waals surface area contributed by atoms with Gasteiger partial charge >= 0.3 is 0 Å². The van der Waals surface area contributed by atoms with Gasteiger partial charge < -0.3 is 24.9 Å².